The van der Waals surface area contributed by atoms with Crippen LogP contribution < -0.4 is 0 Å². The predicted molar refractivity (Wildman–Crippen MR) is 80.9 cm³/mol. The number of hydrogen-bond acceptors (Lipinski definition) is 4. The molecule has 5 atom stereocenters. The molecule has 2 aliphatic rings. The van der Waals surface area contributed by atoms with Crippen LogP contribution in [0, 0.1) is 5.92 Å². The Morgan fingerprint density at radius 2 is 2.00 bits per heavy atom. The van der Waals surface area contributed by atoms with Crippen LogP contribution in [0.15, 0.2) is 30.3 Å². The van der Waals surface area contributed by atoms with Crippen molar-refractivity contribution in [3.63, 3.8) is 0 Å². The Bertz CT molecular complexity index is 609. The Labute approximate surface area is 138 Å². The van der Waals surface area contributed by atoms with Gasteiger partial charge in [0.1, 0.15) is 20.1 Å². The van der Waals surface area contributed by atoms with Gasteiger partial charge in [-0.25, -0.2) is 0 Å². The molecule has 1 aromatic rings. The van der Waals surface area contributed by atoms with Crippen LogP contribution >= 0.6 is 0 Å². The van der Waals surface area contributed by atoms with Gasteiger partial charge in [0.2, 0.25) is 0 Å². The van der Waals surface area contributed by atoms with E-state index < -0.39 is 48.3 Å². The van der Waals surface area contributed by atoms with Gasteiger partial charge in [0.05, 0.1) is 18.5 Å². The zero-order valence-electron chi connectivity index (χ0n) is 13.4. The van der Waals surface area contributed by atoms with Crippen LogP contribution in [0.1, 0.15) is 18.9 Å². The van der Waals surface area contributed by atoms with Gasteiger partial charge in [-0.3, -0.25) is 4.79 Å². The maximum absolute atomic E-state index is 13.3. The van der Waals surface area contributed by atoms with Crippen LogP contribution in [-0.4, -0.2) is 43.8 Å². The number of carbonyl (C=O) groups excluding carboxylic acids is 1. The minimum absolute atomic E-state index is 0.0145. The first-order valence-electron chi connectivity index (χ1n) is 7.83. The Morgan fingerprint density at radius 1 is 1.33 bits per heavy atom. The van der Waals surface area contributed by atoms with Crippen LogP contribution in [-0.2, 0) is 25.6 Å². The molecule has 0 spiro atoms. The second kappa shape index (κ2) is 6.08. The number of hydrogen-bond donors (Lipinski definition) is 0. The number of rotatable bonds is 4. The molecule has 1 aromatic carbocycles. The van der Waals surface area contributed by atoms with E-state index in [-0.39, 0.29) is 6.61 Å². The fourth-order valence-electron chi connectivity index (χ4n) is 3.67. The third kappa shape index (κ3) is 2.93. The Kier molecular flexibility index (Phi) is 4.38. The monoisotopic (exact) mass is 342 g/mol. The molecule has 2 bridgehead atoms. The summed E-state index contributed by atoms with van der Waals surface area (Å²) in [7, 11) is 1.66. The minimum Gasteiger partial charge on any atom is -0.461 e. The molecule has 0 aromatic heterocycles. The highest BCUT2D eigenvalue weighted by Crippen LogP contribution is 2.54. The third-order valence-electron chi connectivity index (χ3n) is 4.83. The van der Waals surface area contributed by atoms with E-state index in [1.807, 2.05) is 6.07 Å². The van der Waals surface area contributed by atoms with E-state index >= 15 is 0 Å². The number of benzene rings is 1. The fourth-order valence-corrected chi connectivity index (χ4v) is 3.67. The van der Waals surface area contributed by atoms with Crippen LogP contribution in [0.5, 0.6) is 0 Å². The molecule has 0 amide bonds. The number of fused-ring (bicyclic) bond motifs is 2. The summed E-state index contributed by atoms with van der Waals surface area (Å²) in [6.07, 6.45) is -7.85. The maximum Gasteiger partial charge on any atom is 0.417 e. The summed E-state index contributed by atoms with van der Waals surface area (Å²) < 4.78 is 55.8. The van der Waals surface area contributed by atoms with Gasteiger partial charge in [-0.05, 0) is 5.56 Å². The van der Waals surface area contributed by atoms with Crippen molar-refractivity contribution in [2.75, 3.05) is 0 Å². The van der Waals surface area contributed by atoms with E-state index in [0.29, 0.717) is 0 Å². The SMILES string of the molecule is B[C@@H]1O[C@]2(CC(=O)OCc3ccccc3)C(C)[C@@H]1OC2C(F)(F)F. The summed E-state index contributed by atoms with van der Waals surface area (Å²) in [5.41, 5.74) is -0.944. The molecule has 130 valence electrons. The van der Waals surface area contributed by atoms with Gasteiger partial charge in [0.15, 0.2) is 6.10 Å². The van der Waals surface area contributed by atoms with E-state index in [4.69, 9.17) is 14.2 Å². The van der Waals surface area contributed by atoms with Crippen molar-refractivity contribution >= 4 is 13.8 Å². The van der Waals surface area contributed by atoms with E-state index in [2.05, 4.69) is 0 Å². The van der Waals surface area contributed by atoms with Gasteiger partial charge in [0.25, 0.3) is 0 Å². The van der Waals surface area contributed by atoms with E-state index in [0.717, 1.165) is 5.56 Å². The third-order valence-corrected chi connectivity index (χ3v) is 4.83. The highest BCUT2D eigenvalue weighted by Gasteiger charge is 2.71. The Balaban J connectivity index is 1.72. The summed E-state index contributed by atoms with van der Waals surface area (Å²) in [6.45, 7) is 1.64. The highest BCUT2D eigenvalue weighted by atomic mass is 19.4. The minimum atomic E-state index is -4.59. The average molecular weight is 342 g/mol. The van der Waals surface area contributed by atoms with E-state index in [9.17, 15) is 18.0 Å². The lowest BCUT2D eigenvalue weighted by molar-refractivity contribution is -0.287. The Hall–Kier alpha value is -1.54. The predicted octanol–water partition coefficient (Wildman–Crippen LogP) is 1.81. The standard InChI is InChI=1S/C16H18BF3O4/c1-9-12-13(17)24-15(9,14(23-12)16(18,19)20)7-11(21)22-8-10-5-3-2-4-6-10/h2-6,9,12-14H,7-8,17H2,1H3/t9?,12-,13+,14?,15+/m0/s1. The molecule has 2 heterocycles. The van der Waals surface area contributed by atoms with Crippen molar-refractivity contribution in [2.45, 2.75) is 49.9 Å². The summed E-state index contributed by atoms with van der Waals surface area (Å²) in [4.78, 5) is 12.2. The second-order valence-electron chi connectivity index (χ2n) is 6.41. The zero-order chi connectivity index (χ0) is 17.5. The molecular formula is C16H18BF3O4. The molecule has 0 saturated carbocycles. The number of halogens is 3. The van der Waals surface area contributed by atoms with Crippen molar-refractivity contribution in [2.24, 2.45) is 5.92 Å². The molecule has 2 aliphatic heterocycles. The van der Waals surface area contributed by atoms with Gasteiger partial charge >= 0.3 is 12.1 Å². The normalized spacial score (nSPS) is 35.2. The first kappa shape index (κ1) is 17.3. The maximum atomic E-state index is 13.3. The first-order chi connectivity index (χ1) is 11.2. The average Bonchev–Trinajstić information content (AvgIpc) is 2.91. The van der Waals surface area contributed by atoms with Gasteiger partial charge in [-0.2, -0.15) is 13.2 Å². The zero-order valence-corrected chi connectivity index (χ0v) is 13.4. The van der Waals surface area contributed by atoms with Crippen molar-refractivity contribution < 1.29 is 32.2 Å². The van der Waals surface area contributed by atoms with Gasteiger partial charge in [-0.15, -0.1) is 0 Å². The molecule has 3 rings (SSSR count). The number of esters is 1. The lowest BCUT2D eigenvalue weighted by Gasteiger charge is -2.37. The Morgan fingerprint density at radius 3 is 2.58 bits per heavy atom. The van der Waals surface area contributed by atoms with Gasteiger partial charge in [0, 0.05) is 5.92 Å². The van der Waals surface area contributed by atoms with Crippen molar-refractivity contribution in [3.05, 3.63) is 35.9 Å². The van der Waals surface area contributed by atoms with Crippen LogP contribution in [0.2, 0.25) is 0 Å². The smallest absolute Gasteiger partial charge is 0.417 e. The fraction of sp³-hybridized carbons (Fsp3) is 0.562. The quantitative estimate of drug-likeness (QED) is 0.619. The molecule has 0 aliphatic carbocycles. The molecule has 2 saturated heterocycles. The van der Waals surface area contributed by atoms with E-state index in [1.165, 1.54) is 0 Å². The van der Waals surface area contributed by atoms with Gasteiger partial charge < -0.3 is 14.2 Å². The number of alkyl halides is 3. The second-order valence-corrected chi connectivity index (χ2v) is 6.41. The van der Waals surface area contributed by atoms with Crippen LogP contribution in [0.4, 0.5) is 13.2 Å². The molecule has 4 nitrogen and oxygen atoms in total. The summed E-state index contributed by atoms with van der Waals surface area (Å²) >= 11 is 0. The lowest BCUT2D eigenvalue weighted by atomic mass is 9.81. The topological polar surface area (TPSA) is 44.8 Å². The molecule has 24 heavy (non-hydrogen) atoms. The van der Waals surface area contributed by atoms with Crippen molar-refractivity contribution in [3.8, 4) is 0 Å². The van der Waals surface area contributed by atoms with Crippen molar-refractivity contribution in [1.82, 2.24) is 0 Å². The molecule has 2 fully saturated rings. The van der Waals surface area contributed by atoms with Crippen LogP contribution in [0.25, 0.3) is 0 Å². The van der Waals surface area contributed by atoms with Gasteiger partial charge in [-0.1, -0.05) is 37.3 Å². The summed E-state index contributed by atoms with van der Waals surface area (Å²) in [6, 6.07) is 8.47. The van der Waals surface area contributed by atoms with Crippen molar-refractivity contribution in [1.29, 1.82) is 0 Å². The number of ether oxygens (including phenoxy) is 3. The number of carbonyl (C=O) groups is 1. The molecule has 0 radical (unpaired) electrons. The lowest BCUT2D eigenvalue weighted by Crippen LogP contribution is -2.54. The largest absolute Gasteiger partial charge is 0.461 e. The molecule has 0 N–H and O–H groups in total. The van der Waals surface area contributed by atoms with Crippen LogP contribution in [0.3, 0.4) is 0 Å². The molecule has 8 heteroatoms. The molecule has 2 unspecified atom stereocenters. The summed E-state index contributed by atoms with van der Waals surface area (Å²) in [5.74, 6) is -1.26. The molecular weight excluding hydrogens is 324 g/mol. The van der Waals surface area contributed by atoms with E-state index in [1.54, 1.807) is 39.0 Å². The summed E-state index contributed by atoms with van der Waals surface area (Å²) in [5, 5.41) is 0. The first-order valence-corrected chi connectivity index (χ1v) is 7.83. The highest BCUT2D eigenvalue weighted by molar-refractivity contribution is 6.11.